The van der Waals surface area contributed by atoms with Gasteiger partial charge in [-0.05, 0) is 26.1 Å². The van der Waals surface area contributed by atoms with E-state index < -0.39 is 0 Å². The van der Waals surface area contributed by atoms with Crippen LogP contribution in [-0.4, -0.2) is 50.1 Å². The predicted octanol–water partition coefficient (Wildman–Crippen LogP) is 0.628. The quantitative estimate of drug-likeness (QED) is 0.823. The smallest absolute Gasteiger partial charge is 0.251 e. The lowest BCUT2D eigenvalue weighted by molar-refractivity contribution is 0.0944. The molecular weight excluding hydrogens is 226 g/mol. The van der Waals surface area contributed by atoms with Crippen molar-refractivity contribution in [2.24, 2.45) is 0 Å². The van der Waals surface area contributed by atoms with Crippen molar-refractivity contribution >= 4 is 5.91 Å². The molecule has 18 heavy (non-hydrogen) atoms. The fraction of sp³-hybridized carbons (Fsp3) is 0.500. The van der Waals surface area contributed by atoms with Gasteiger partial charge in [0.2, 0.25) is 0 Å². The minimum absolute atomic E-state index is 0.00808. The normalized spacial score (nSPS) is 20.7. The molecule has 0 spiro atoms. The summed E-state index contributed by atoms with van der Waals surface area (Å²) in [6.45, 7) is 5.71. The van der Waals surface area contributed by atoms with Crippen LogP contribution in [0.1, 0.15) is 15.9 Å². The summed E-state index contributed by atoms with van der Waals surface area (Å²) in [5.41, 5.74) is 1.84. The largest absolute Gasteiger partial charge is 0.350 e. The summed E-state index contributed by atoms with van der Waals surface area (Å²) in [6.07, 6.45) is 0. The third-order valence-corrected chi connectivity index (χ3v) is 3.25. The zero-order valence-electron chi connectivity index (χ0n) is 11.1. The molecule has 4 heteroatoms. The summed E-state index contributed by atoms with van der Waals surface area (Å²) in [4.78, 5) is 14.2. The van der Waals surface area contributed by atoms with Gasteiger partial charge < -0.3 is 15.5 Å². The Morgan fingerprint density at radius 3 is 3.11 bits per heavy atom. The topological polar surface area (TPSA) is 44.4 Å². The van der Waals surface area contributed by atoms with Crippen molar-refractivity contribution in [1.29, 1.82) is 0 Å². The first-order valence-corrected chi connectivity index (χ1v) is 6.42. The number of carbonyl (C=O) groups is 1. The summed E-state index contributed by atoms with van der Waals surface area (Å²) < 4.78 is 0. The third-order valence-electron chi connectivity index (χ3n) is 3.25. The lowest BCUT2D eigenvalue weighted by Gasteiger charge is -2.30. The second-order valence-corrected chi connectivity index (χ2v) is 4.99. The third kappa shape index (κ3) is 3.55. The predicted molar refractivity (Wildman–Crippen MR) is 72.8 cm³/mol. The van der Waals surface area contributed by atoms with E-state index in [1.54, 1.807) is 0 Å². The van der Waals surface area contributed by atoms with E-state index in [4.69, 9.17) is 0 Å². The first-order valence-electron chi connectivity index (χ1n) is 6.42. The van der Waals surface area contributed by atoms with Crippen molar-refractivity contribution in [2.45, 2.75) is 13.0 Å². The van der Waals surface area contributed by atoms with Gasteiger partial charge in [-0.3, -0.25) is 4.79 Å². The number of benzene rings is 1. The van der Waals surface area contributed by atoms with E-state index >= 15 is 0 Å². The Labute approximate surface area is 108 Å². The molecule has 1 atom stereocenters. The molecule has 1 amide bonds. The first-order chi connectivity index (χ1) is 8.65. The van der Waals surface area contributed by atoms with Gasteiger partial charge in [-0.25, -0.2) is 0 Å². The van der Waals surface area contributed by atoms with Gasteiger partial charge in [0.15, 0.2) is 0 Å². The number of amides is 1. The van der Waals surface area contributed by atoms with E-state index in [0.717, 1.165) is 30.8 Å². The SMILES string of the molecule is Cc1cccc(C(=O)NCC2CN(C)CCN2)c1. The van der Waals surface area contributed by atoms with E-state index in [2.05, 4.69) is 22.6 Å². The Morgan fingerprint density at radius 2 is 2.39 bits per heavy atom. The minimum atomic E-state index is 0.00808. The number of nitrogens with zero attached hydrogens (tertiary/aromatic N) is 1. The van der Waals surface area contributed by atoms with E-state index in [1.165, 1.54) is 0 Å². The number of rotatable bonds is 3. The molecule has 1 unspecified atom stereocenters. The molecule has 4 nitrogen and oxygen atoms in total. The second-order valence-electron chi connectivity index (χ2n) is 4.99. The Hall–Kier alpha value is -1.39. The average Bonchev–Trinajstić information content (AvgIpc) is 2.36. The van der Waals surface area contributed by atoms with Crippen LogP contribution in [0.3, 0.4) is 0 Å². The standard InChI is InChI=1S/C14H21N3O/c1-11-4-3-5-12(8-11)14(18)16-9-13-10-17(2)7-6-15-13/h3-5,8,13,15H,6-7,9-10H2,1-2H3,(H,16,18). The zero-order chi connectivity index (χ0) is 13.0. The fourth-order valence-corrected chi connectivity index (χ4v) is 2.23. The molecule has 1 aromatic rings. The summed E-state index contributed by atoms with van der Waals surface area (Å²) in [5, 5.41) is 6.40. The number of aryl methyl sites for hydroxylation is 1. The van der Waals surface area contributed by atoms with Gasteiger partial charge in [-0.15, -0.1) is 0 Å². The van der Waals surface area contributed by atoms with Gasteiger partial charge in [0, 0.05) is 37.8 Å². The maximum atomic E-state index is 12.0. The summed E-state index contributed by atoms with van der Waals surface area (Å²) in [7, 11) is 2.11. The molecule has 1 heterocycles. The van der Waals surface area contributed by atoms with Crippen LogP contribution in [0, 0.1) is 6.92 Å². The highest BCUT2D eigenvalue weighted by Crippen LogP contribution is 2.03. The zero-order valence-corrected chi connectivity index (χ0v) is 11.1. The van der Waals surface area contributed by atoms with Crippen LogP contribution in [0.2, 0.25) is 0 Å². The van der Waals surface area contributed by atoms with Gasteiger partial charge in [-0.2, -0.15) is 0 Å². The highest BCUT2D eigenvalue weighted by molar-refractivity contribution is 5.94. The van der Waals surface area contributed by atoms with Crippen molar-refractivity contribution in [3.63, 3.8) is 0 Å². The fourth-order valence-electron chi connectivity index (χ4n) is 2.23. The van der Waals surface area contributed by atoms with Gasteiger partial charge in [0.25, 0.3) is 5.91 Å². The number of carbonyl (C=O) groups excluding carboxylic acids is 1. The Bertz CT molecular complexity index is 419. The molecule has 1 aromatic carbocycles. The maximum absolute atomic E-state index is 12.0. The maximum Gasteiger partial charge on any atom is 0.251 e. The van der Waals surface area contributed by atoms with E-state index in [0.29, 0.717) is 12.6 Å². The van der Waals surface area contributed by atoms with Gasteiger partial charge in [0.1, 0.15) is 0 Å². The molecule has 1 fully saturated rings. The lowest BCUT2D eigenvalue weighted by atomic mass is 10.1. The van der Waals surface area contributed by atoms with E-state index in [1.807, 2.05) is 31.2 Å². The lowest BCUT2D eigenvalue weighted by Crippen LogP contribution is -2.53. The van der Waals surface area contributed by atoms with Gasteiger partial charge in [0.05, 0.1) is 0 Å². The molecule has 2 N–H and O–H groups in total. The Kier molecular flexibility index (Phi) is 4.33. The molecule has 1 aliphatic rings. The number of piperazine rings is 1. The number of hydrogen-bond acceptors (Lipinski definition) is 3. The monoisotopic (exact) mass is 247 g/mol. The Morgan fingerprint density at radius 1 is 1.56 bits per heavy atom. The number of likely N-dealkylation sites (N-methyl/N-ethyl adjacent to an activating group) is 1. The first kappa shape index (κ1) is 13.1. The molecule has 98 valence electrons. The molecule has 0 radical (unpaired) electrons. The Balaban J connectivity index is 1.84. The van der Waals surface area contributed by atoms with Crippen molar-refractivity contribution < 1.29 is 4.79 Å². The molecular formula is C14H21N3O. The summed E-state index contributed by atoms with van der Waals surface area (Å²) >= 11 is 0. The van der Waals surface area contributed by atoms with Crippen molar-refractivity contribution in [1.82, 2.24) is 15.5 Å². The summed E-state index contributed by atoms with van der Waals surface area (Å²) in [6, 6.07) is 8.02. The second kappa shape index (κ2) is 5.98. The van der Waals surface area contributed by atoms with Crippen molar-refractivity contribution in [3.8, 4) is 0 Å². The van der Waals surface area contributed by atoms with Crippen LogP contribution in [-0.2, 0) is 0 Å². The molecule has 0 aliphatic carbocycles. The molecule has 2 rings (SSSR count). The number of nitrogens with one attached hydrogen (secondary N) is 2. The highest BCUT2D eigenvalue weighted by atomic mass is 16.1. The highest BCUT2D eigenvalue weighted by Gasteiger charge is 2.17. The summed E-state index contributed by atoms with van der Waals surface area (Å²) in [5.74, 6) is 0.00808. The minimum Gasteiger partial charge on any atom is -0.350 e. The van der Waals surface area contributed by atoms with Crippen LogP contribution in [0.5, 0.6) is 0 Å². The average molecular weight is 247 g/mol. The molecule has 0 bridgehead atoms. The molecule has 0 saturated carbocycles. The van der Waals surface area contributed by atoms with Crippen molar-refractivity contribution in [3.05, 3.63) is 35.4 Å². The van der Waals surface area contributed by atoms with Gasteiger partial charge in [-0.1, -0.05) is 17.7 Å². The van der Waals surface area contributed by atoms with E-state index in [9.17, 15) is 4.79 Å². The molecule has 1 saturated heterocycles. The van der Waals surface area contributed by atoms with Crippen molar-refractivity contribution in [2.75, 3.05) is 33.2 Å². The number of hydrogen-bond donors (Lipinski definition) is 2. The van der Waals surface area contributed by atoms with Gasteiger partial charge >= 0.3 is 0 Å². The molecule has 1 aliphatic heterocycles. The van der Waals surface area contributed by atoms with Crippen LogP contribution in [0.4, 0.5) is 0 Å². The van der Waals surface area contributed by atoms with Crippen LogP contribution in [0.25, 0.3) is 0 Å². The van der Waals surface area contributed by atoms with Crippen LogP contribution in [0.15, 0.2) is 24.3 Å². The van der Waals surface area contributed by atoms with E-state index in [-0.39, 0.29) is 5.91 Å². The van der Waals surface area contributed by atoms with Crippen LogP contribution < -0.4 is 10.6 Å². The van der Waals surface area contributed by atoms with Crippen LogP contribution >= 0.6 is 0 Å². The molecule has 0 aromatic heterocycles.